The zero-order valence-corrected chi connectivity index (χ0v) is 20.5. The van der Waals surface area contributed by atoms with Crippen LogP contribution in [-0.4, -0.2) is 14.9 Å². The summed E-state index contributed by atoms with van der Waals surface area (Å²) < 4.78 is 6.44. The monoisotopic (exact) mass is 378 g/mol. The van der Waals surface area contributed by atoms with Gasteiger partial charge in [-0.15, -0.1) is 0 Å². The molecule has 0 amide bonds. The molecule has 0 N–H and O–H groups in total. The molecule has 0 atom stereocenters. The van der Waals surface area contributed by atoms with Crippen molar-refractivity contribution in [3.8, 4) is 0 Å². The lowest BCUT2D eigenvalue weighted by molar-refractivity contribution is 0.156. The van der Waals surface area contributed by atoms with Gasteiger partial charge in [-0.1, -0.05) is 70.1 Å². The normalized spacial score (nSPS) is 13.7. The Morgan fingerprint density at radius 1 is 0.962 bits per heavy atom. The van der Waals surface area contributed by atoms with Gasteiger partial charge in [-0.25, -0.2) is 0 Å². The highest BCUT2D eigenvalue weighted by atomic mass is 28.4. The van der Waals surface area contributed by atoms with Crippen LogP contribution in [0.2, 0.25) is 18.1 Å². The third-order valence-electron chi connectivity index (χ3n) is 5.62. The second kappa shape index (κ2) is 10.7. The zero-order valence-electron chi connectivity index (χ0n) is 19.5. The van der Waals surface area contributed by atoms with Crippen molar-refractivity contribution < 1.29 is 4.43 Å². The second-order valence-corrected chi connectivity index (χ2v) is 15.3. The molecule has 0 aliphatic rings. The third-order valence-corrected chi connectivity index (χ3v) is 10.1. The lowest BCUT2D eigenvalue weighted by atomic mass is 9.87. The first-order valence-corrected chi connectivity index (χ1v) is 13.2. The van der Waals surface area contributed by atoms with E-state index in [0.29, 0.717) is 0 Å². The van der Waals surface area contributed by atoms with Crippen LogP contribution in [0.1, 0.15) is 87.5 Å². The van der Waals surface area contributed by atoms with Crippen LogP contribution in [0.25, 0.3) is 0 Å². The highest BCUT2D eigenvalue weighted by Gasteiger charge is 2.38. The van der Waals surface area contributed by atoms with Crippen LogP contribution in [0.5, 0.6) is 0 Å². The summed E-state index contributed by atoms with van der Waals surface area (Å²) in [5.74, 6) is 0. The molecule has 0 saturated heterocycles. The summed E-state index contributed by atoms with van der Waals surface area (Å²) in [6, 6.07) is 0. The van der Waals surface area contributed by atoms with E-state index < -0.39 is 8.32 Å². The van der Waals surface area contributed by atoms with E-state index in [1.54, 1.807) is 0 Å². The molecule has 0 unspecified atom stereocenters. The molecule has 0 fully saturated rings. The molecule has 0 saturated carbocycles. The van der Waals surface area contributed by atoms with E-state index in [-0.39, 0.29) is 10.5 Å². The molecule has 0 aromatic carbocycles. The summed E-state index contributed by atoms with van der Waals surface area (Å²) in [5.41, 5.74) is 4.43. The van der Waals surface area contributed by atoms with Crippen molar-refractivity contribution in [1.29, 1.82) is 0 Å². The molecule has 0 aromatic rings. The smallest absolute Gasteiger partial charge is 0.192 e. The van der Waals surface area contributed by atoms with Gasteiger partial charge in [-0.3, -0.25) is 0 Å². The van der Waals surface area contributed by atoms with Gasteiger partial charge >= 0.3 is 0 Å². The molecule has 0 aliphatic carbocycles. The Hall–Kier alpha value is -0.603. The fourth-order valence-electron chi connectivity index (χ4n) is 2.29. The average molecular weight is 379 g/mol. The van der Waals surface area contributed by atoms with Crippen LogP contribution < -0.4 is 0 Å². The summed E-state index contributed by atoms with van der Waals surface area (Å²) in [4.78, 5) is 0. The molecule has 0 bridgehead atoms. The van der Waals surface area contributed by atoms with Crippen LogP contribution in [0.3, 0.4) is 0 Å². The minimum absolute atomic E-state index is 0.209. The van der Waals surface area contributed by atoms with Crippen LogP contribution in [-0.2, 0) is 4.43 Å². The highest BCUT2D eigenvalue weighted by molar-refractivity contribution is 6.74. The van der Waals surface area contributed by atoms with Crippen molar-refractivity contribution >= 4 is 8.32 Å². The molecular formula is C24H46OSi. The van der Waals surface area contributed by atoms with Crippen molar-refractivity contribution in [2.75, 3.05) is 6.61 Å². The molecule has 0 radical (unpaired) electrons. The number of hydrogen-bond donors (Lipinski definition) is 0. The molecule has 0 spiro atoms. The topological polar surface area (TPSA) is 9.23 Å². The predicted octanol–water partition coefficient (Wildman–Crippen LogP) is 8.45. The zero-order chi connectivity index (χ0) is 20.6. The van der Waals surface area contributed by atoms with Crippen LogP contribution in [0.4, 0.5) is 0 Å². The quantitative estimate of drug-likeness (QED) is 0.259. The fraction of sp³-hybridized carbons (Fsp3) is 0.750. The van der Waals surface area contributed by atoms with Crippen LogP contribution in [0, 0.1) is 5.41 Å². The maximum absolute atomic E-state index is 6.44. The molecule has 0 rings (SSSR count). The van der Waals surface area contributed by atoms with Crippen LogP contribution in [0.15, 0.2) is 35.5 Å². The Labute approximate surface area is 166 Å². The summed E-state index contributed by atoms with van der Waals surface area (Å²) in [6.45, 7) is 28.0. The Bertz CT molecular complexity index is 497. The summed E-state index contributed by atoms with van der Waals surface area (Å²) in [5, 5.41) is 0.278. The van der Waals surface area contributed by atoms with E-state index in [4.69, 9.17) is 4.43 Å². The molecular weight excluding hydrogens is 332 g/mol. The molecule has 2 heteroatoms. The minimum atomic E-state index is -1.66. The maximum atomic E-state index is 6.44. The second-order valence-electron chi connectivity index (χ2n) is 10.5. The number of rotatable bonds is 11. The lowest BCUT2D eigenvalue weighted by Gasteiger charge is -2.39. The SMILES string of the molecule is C=C(C/C=C(\C)CCC=C(C)C)CCC(C)(C)CO[Si](C)(C)C(C)(C)C. The number of hydrogen-bond acceptors (Lipinski definition) is 1. The van der Waals surface area contributed by atoms with Crippen molar-refractivity contribution in [2.24, 2.45) is 5.41 Å². The summed E-state index contributed by atoms with van der Waals surface area (Å²) in [7, 11) is -1.66. The standard InChI is InChI=1S/C24H46OSi/c1-20(2)13-12-14-21(3)15-16-22(4)17-18-24(8,9)19-25-26(10,11)23(5,6)7/h13,15H,4,12,14,16-19H2,1-3,5-11H3/b21-15+. The Morgan fingerprint density at radius 2 is 1.54 bits per heavy atom. The van der Waals surface area contributed by atoms with Gasteiger partial charge in [-0.2, -0.15) is 0 Å². The first kappa shape index (κ1) is 25.4. The van der Waals surface area contributed by atoms with Gasteiger partial charge in [0.25, 0.3) is 0 Å². The van der Waals surface area contributed by atoms with Crippen molar-refractivity contribution in [3.05, 3.63) is 35.5 Å². The molecule has 1 nitrogen and oxygen atoms in total. The predicted molar refractivity (Wildman–Crippen MR) is 122 cm³/mol. The Kier molecular flexibility index (Phi) is 10.4. The Morgan fingerprint density at radius 3 is 2.04 bits per heavy atom. The van der Waals surface area contributed by atoms with Gasteiger partial charge < -0.3 is 4.43 Å². The first-order valence-electron chi connectivity index (χ1n) is 10.3. The third kappa shape index (κ3) is 11.2. The summed E-state index contributed by atoms with van der Waals surface area (Å²) >= 11 is 0. The molecule has 0 aliphatic heterocycles. The van der Waals surface area contributed by atoms with Gasteiger partial charge in [-0.05, 0) is 76.4 Å². The molecule has 152 valence electrons. The van der Waals surface area contributed by atoms with Gasteiger partial charge in [0.15, 0.2) is 8.32 Å². The average Bonchev–Trinajstić information content (AvgIpc) is 2.48. The van der Waals surface area contributed by atoms with Crippen LogP contribution >= 0.6 is 0 Å². The van der Waals surface area contributed by atoms with Crippen molar-refractivity contribution in [1.82, 2.24) is 0 Å². The van der Waals surface area contributed by atoms with E-state index in [9.17, 15) is 0 Å². The van der Waals surface area contributed by atoms with Gasteiger partial charge in [0.05, 0.1) is 0 Å². The minimum Gasteiger partial charge on any atom is -0.416 e. The van der Waals surface area contributed by atoms with Crippen molar-refractivity contribution in [3.63, 3.8) is 0 Å². The summed E-state index contributed by atoms with van der Waals surface area (Å²) in [6.07, 6.45) is 10.2. The molecule has 0 heterocycles. The fourth-order valence-corrected chi connectivity index (χ4v) is 3.48. The Balaban J connectivity index is 4.33. The largest absolute Gasteiger partial charge is 0.416 e. The van der Waals surface area contributed by atoms with E-state index in [2.05, 4.69) is 87.2 Å². The van der Waals surface area contributed by atoms with Gasteiger partial charge in [0.2, 0.25) is 0 Å². The van der Waals surface area contributed by atoms with Gasteiger partial charge in [0.1, 0.15) is 0 Å². The maximum Gasteiger partial charge on any atom is 0.192 e. The highest BCUT2D eigenvalue weighted by Crippen LogP contribution is 2.38. The van der Waals surface area contributed by atoms with E-state index in [0.717, 1.165) is 38.7 Å². The van der Waals surface area contributed by atoms with Crippen molar-refractivity contribution in [2.45, 2.75) is 106 Å². The lowest BCUT2D eigenvalue weighted by Crippen LogP contribution is -2.43. The number of allylic oxidation sites excluding steroid dienone is 5. The van der Waals surface area contributed by atoms with E-state index >= 15 is 0 Å². The van der Waals surface area contributed by atoms with Gasteiger partial charge in [0, 0.05) is 6.61 Å². The van der Waals surface area contributed by atoms with E-state index in [1.165, 1.54) is 16.7 Å². The first-order chi connectivity index (χ1) is 11.7. The molecule has 26 heavy (non-hydrogen) atoms. The van der Waals surface area contributed by atoms with E-state index in [1.807, 2.05) is 0 Å². The molecule has 0 aromatic heterocycles.